The summed E-state index contributed by atoms with van der Waals surface area (Å²) in [7, 11) is 0. The van der Waals surface area contributed by atoms with E-state index in [0.717, 1.165) is 18.4 Å². The van der Waals surface area contributed by atoms with E-state index in [0.29, 0.717) is 17.9 Å². The van der Waals surface area contributed by atoms with Gasteiger partial charge in [0.05, 0.1) is 12.1 Å². The number of halogens is 1. The summed E-state index contributed by atoms with van der Waals surface area (Å²) >= 11 is 0. The van der Waals surface area contributed by atoms with Gasteiger partial charge in [-0.15, -0.1) is 12.4 Å². The number of para-hydroxylation sites is 1. The lowest BCUT2D eigenvalue weighted by Crippen LogP contribution is -2.26. The number of hydrogen-bond donors (Lipinski definition) is 2. The number of fused-ring (bicyclic) bond motifs is 1. The predicted octanol–water partition coefficient (Wildman–Crippen LogP) is 2.39. The third-order valence-corrected chi connectivity index (χ3v) is 3.05. The lowest BCUT2D eigenvalue weighted by Gasteiger charge is -2.20. The maximum absolute atomic E-state index is 10.0. The monoisotopic (exact) mass is 273 g/mol. The smallest absolute Gasteiger partial charge is 0.231 e. The van der Waals surface area contributed by atoms with Crippen LogP contribution in [0.4, 0.5) is 0 Å². The first-order valence-electron chi connectivity index (χ1n) is 6.06. The summed E-state index contributed by atoms with van der Waals surface area (Å²) in [6.07, 6.45) is 2.20. The topological polar surface area (TPSA) is 64.7 Å². The number of hydrogen-bond acceptors (Lipinski definition) is 4. The van der Waals surface area contributed by atoms with E-state index in [9.17, 15) is 5.11 Å². The van der Waals surface area contributed by atoms with Gasteiger partial charge >= 0.3 is 0 Å². The number of rotatable bonds is 5. The van der Waals surface area contributed by atoms with Crippen LogP contribution in [-0.2, 0) is 0 Å². The maximum Gasteiger partial charge on any atom is 0.231 e. The summed E-state index contributed by atoms with van der Waals surface area (Å²) in [6, 6.07) is 5.18. The highest BCUT2D eigenvalue weighted by Crippen LogP contribution is 2.38. The fraction of sp³-hybridized carbons (Fsp3) is 0.538. The summed E-state index contributed by atoms with van der Waals surface area (Å²) in [6.45, 7) is 2.32. The minimum atomic E-state index is -0.536. The molecule has 5 heteroatoms. The van der Waals surface area contributed by atoms with Gasteiger partial charge in [0.15, 0.2) is 11.5 Å². The van der Waals surface area contributed by atoms with Gasteiger partial charge in [-0.05, 0) is 12.5 Å². The molecule has 0 amide bonds. The van der Waals surface area contributed by atoms with Crippen molar-refractivity contribution < 1.29 is 14.6 Å². The molecule has 1 aromatic rings. The molecule has 0 spiro atoms. The van der Waals surface area contributed by atoms with E-state index >= 15 is 0 Å². The number of nitrogens with two attached hydrogens (primary N) is 1. The first kappa shape index (κ1) is 15.1. The third kappa shape index (κ3) is 3.07. The number of ether oxygens (including phenoxy) is 2. The molecular weight excluding hydrogens is 254 g/mol. The highest BCUT2D eigenvalue weighted by molar-refractivity contribution is 5.85. The second kappa shape index (κ2) is 6.83. The Morgan fingerprint density at radius 2 is 2.17 bits per heavy atom. The van der Waals surface area contributed by atoms with Crippen molar-refractivity contribution in [1.82, 2.24) is 0 Å². The van der Waals surface area contributed by atoms with Crippen molar-refractivity contribution in [3.63, 3.8) is 0 Å². The Morgan fingerprint density at radius 3 is 2.89 bits per heavy atom. The molecule has 18 heavy (non-hydrogen) atoms. The van der Waals surface area contributed by atoms with Crippen molar-refractivity contribution in [2.75, 3.05) is 6.79 Å². The Hall–Kier alpha value is -0.970. The molecule has 4 nitrogen and oxygen atoms in total. The largest absolute Gasteiger partial charge is 0.454 e. The lowest BCUT2D eigenvalue weighted by atomic mass is 9.97. The standard InChI is InChI=1S/C13H19NO3.ClH/c1-2-3-6-10(15)12(14)9-5-4-7-11-13(9)17-8-16-11;/h4-5,7,10,12,15H,2-3,6,8,14H2,1H3;1H/t10-,12+;/m0./s1. The van der Waals surface area contributed by atoms with Gasteiger partial charge in [0.1, 0.15) is 0 Å². The molecule has 1 aliphatic heterocycles. The summed E-state index contributed by atoms with van der Waals surface area (Å²) in [5, 5.41) is 10.0. The Balaban J connectivity index is 0.00000162. The molecule has 0 unspecified atom stereocenters. The van der Waals surface area contributed by atoms with Gasteiger partial charge < -0.3 is 20.3 Å². The Bertz CT molecular complexity index is 386. The quantitative estimate of drug-likeness (QED) is 0.865. The first-order chi connectivity index (χ1) is 8.24. The van der Waals surface area contributed by atoms with Gasteiger partial charge in [-0.1, -0.05) is 31.9 Å². The lowest BCUT2D eigenvalue weighted by molar-refractivity contribution is 0.129. The van der Waals surface area contributed by atoms with E-state index < -0.39 is 12.1 Å². The van der Waals surface area contributed by atoms with E-state index in [1.807, 2.05) is 18.2 Å². The first-order valence-corrected chi connectivity index (χ1v) is 6.06. The van der Waals surface area contributed by atoms with E-state index in [1.165, 1.54) is 0 Å². The molecule has 1 aliphatic rings. The zero-order valence-corrected chi connectivity index (χ0v) is 11.3. The number of aliphatic hydroxyl groups is 1. The molecule has 1 heterocycles. The van der Waals surface area contributed by atoms with Crippen LogP contribution in [0.1, 0.15) is 37.8 Å². The van der Waals surface area contributed by atoms with Crippen LogP contribution in [0, 0.1) is 0 Å². The molecule has 0 fully saturated rings. The van der Waals surface area contributed by atoms with Crippen molar-refractivity contribution in [2.24, 2.45) is 5.73 Å². The molecule has 102 valence electrons. The molecule has 3 N–H and O–H groups in total. The number of unbranched alkanes of at least 4 members (excludes halogenated alkanes) is 1. The molecule has 1 aromatic carbocycles. The van der Waals surface area contributed by atoms with Crippen LogP contribution in [0.5, 0.6) is 11.5 Å². The molecule has 2 atom stereocenters. The van der Waals surface area contributed by atoms with E-state index in [-0.39, 0.29) is 19.2 Å². The minimum Gasteiger partial charge on any atom is -0.454 e. The molecule has 0 aromatic heterocycles. The van der Waals surface area contributed by atoms with Crippen LogP contribution in [0.3, 0.4) is 0 Å². The molecule has 0 bridgehead atoms. The third-order valence-electron chi connectivity index (χ3n) is 3.05. The summed E-state index contributed by atoms with van der Waals surface area (Å²) in [5.41, 5.74) is 6.89. The molecule has 0 saturated heterocycles. The Morgan fingerprint density at radius 1 is 1.39 bits per heavy atom. The summed E-state index contributed by atoms with van der Waals surface area (Å²) in [5.74, 6) is 1.39. The fourth-order valence-corrected chi connectivity index (χ4v) is 2.02. The van der Waals surface area contributed by atoms with E-state index in [1.54, 1.807) is 0 Å². The second-order valence-corrected chi connectivity index (χ2v) is 4.32. The van der Waals surface area contributed by atoms with Gasteiger partial charge in [-0.25, -0.2) is 0 Å². The maximum atomic E-state index is 10.0. The number of benzene rings is 1. The van der Waals surface area contributed by atoms with Crippen LogP contribution in [0.2, 0.25) is 0 Å². The van der Waals surface area contributed by atoms with Crippen LogP contribution < -0.4 is 15.2 Å². The Labute approximate surface area is 113 Å². The van der Waals surface area contributed by atoms with Crippen molar-refractivity contribution in [3.05, 3.63) is 23.8 Å². The number of aliphatic hydroxyl groups excluding tert-OH is 1. The molecular formula is C13H20ClNO3. The summed E-state index contributed by atoms with van der Waals surface area (Å²) in [4.78, 5) is 0. The van der Waals surface area contributed by atoms with Crippen molar-refractivity contribution >= 4 is 12.4 Å². The average Bonchev–Trinajstić information content (AvgIpc) is 2.82. The second-order valence-electron chi connectivity index (χ2n) is 4.32. The molecule has 2 rings (SSSR count). The minimum absolute atomic E-state index is 0. The molecule has 0 aliphatic carbocycles. The Kier molecular flexibility index (Phi) is 5.72. The van der Waals surface area contributed by atoms with Crippen LogP contribution in [-0.4, -0.2) is 18.0 Å². The summed E-state index contributed by atoms with van der Waals surface area (Å²) < 4.78 is 10.7. The van der Waals surface area contributed by atoms with Gasteiger partial charge in [0, 0.05) is 5.56 Å². The zero-order chi connectivity index (χ0) is 12.3. The highest BCUT2D eigenvalue weighted by atomic mass is 35.5. The zero-order valence-electron chi connectivity index (χ0n) is 10.5. The van der Waals surface area contributed by atoms with Crippen LogP contribution >= 0.6 is 12.4 Å². The SMILES string of the molecule is CCCC[C@H](O)[C@H](N)c1cccc2c1OCO2.Cl. The van der Waals surface area contributed by atoms with Gasteiger partial charge in [0.25, 0.3) is 0 Å². The average molecular weight is 274 g/mol. The van der Waals surface area contributed by atoms with Gasteiger partial charge in [-0.3, -0.25) is 0 Å². The van der Waals surface area contributed by atoms with Crippen LogP contribution in [0.15, 0.2) is 18.2 Å². The van der Waals surface area contributed by atoms with E-state index in [4.69, 9.17) is 15.2 Å². The normalized spacial score (nSPS) is 15.9. The highest BCUT2D eigenvalue weighted by Gasteiger charge is 2.25. The van der Waals surface area contributed by atoms with Gasteiger partial charge in [0.2, 0.25) is 6.79 Å². The van der Waals surface area contributed by atoms with Crippen LogP contribution in [0.25, 0.3) is 0 Å². The van der Waals surface area contributed by atoms with E-state index in [2.05, 4.69) is 6.92 Å². The van der Waals surface area contributed by atoms with Crippen molar-refractivity contribution in [2.45, 2.75) is 38.3 Å². The molecule has 0 radical (unpaired) electrons. The molecule has 0 saturated carbocycles. The van der Waals surface area contributed by atoms with Gasteiger partial charge in [-0.2, -0.15) is 0 Å². The van der Waals surface area contributed by atoms with Crippen molar-refractivity contribution in [3.8, 4) is 11.5 Å². The predicted molar refractivity (Wildman–Crippen MR) is 72.3 cm³/mol. The fourth-order valence-electron chi connectivity index (χ4n) is 2.02. The van der Waals surface area contributed by atoms with Crippen molar-refractivity contribution in [1.29, 1.82) is 0 Å².